The number of amides is 1. The Morgan fingerprint density at radius 1 is 1.11 bits per heavy atom. The summed E-state index contributed by atoms with van der Waals surface area (Å²) >= 11 is 0. The highest BCUT2D eigenvalue weighted by Gasteiger charge is 2.21. The molecule has 0 bridgehead atoms. The number of carbonyl (C=O) groups excluding carboxylic acids is 1. The van der Waals surface area contributed by atoms with Crippen molar-refractivity contribution in [1.29, 1.82) is 0 Å². The van der Waals surface area contributed by atoms with Gasteiger partial charge in [-0.15, -0.1) is 0 Å². The molecule has 7 heteroatoms. The van der Waals surface area contributed by atoms with Crippen molar-refractivity contribution in [3.8, 4) is 5.75 Å². The average Bonchev–Trinajstić information content (AvgIpc) is 2.63. The highest BCUT2D eigenvalue weighted by Crippen LogP contribution is 2.19. The van der Waals surface area contributed by atoms with E-state index in [9.17, 15) is 13.2 Å². The van der Waals surface area contributed by atoms with Gasteiger partial charge in [-0.3, -0.25) is 4.79 Å². The number of rotatable bonds is 8. The Bertz CT molecular complexity index is 875. The zero-order valence-corrected chi connectivity index (χ0v) is 16.9. The van der Waals surface area contributed by atoms with Crippen LogP contribution in [0.4, 0.5) is 5.69 Å². The molecule has 0 heterocycles. The van der Waals surface area contributed by atoms with Gasteiger partial charge in [0.2, 0.25) is 10.0 Å². The molecule has 0 fully saturated rings. The average molecular weight is 391 g/mol. The zero-order chi connectivity index (χ0) is 20.0. The maximum Gasteiger partial charge on any atom is 0.265 e. The molecule has 2 rings (SSSR count). The van der Waals surface area contributed by atoms with Crippen molar-refractivity contribution in [2.24, 2.45) is 0 Å². The third kappa shape index (κ3) is 5.30. The van der Waals surface area contributed by atoms with E-state index in [2.05, 4.69) is 5.32 Å². The number of aryl methyl sites for hydroxylation is 1. The van der Waals surface area contributed by atoms with Gasteiger partial charge in [0.25, 0.3) is 5.91 Å². The Labute approximate surface area is 161 Å². The lowest BCUT2D eigenvalue weighted by atomic mass is 10.2. The van der Waals surface area contributed by atoms with Crippen LogP contribution in [0.2, 0.25) is 0 Å². The van der Waals surface area contributed by atoms with E-state index in [1.165, 1.54) is 16.4 Å². The summed E-state index contributed by atoms with van der Waals surface area (Å²) in [5, 5.41) is 2.74. The molecule has 0 spiro atoms. The van der Waals surface area contributed by atoms with Crippen molar-refractivity contribution < 1.29 is 17.9 Å². The van der Waals surface area contributed by atoms with Crippen LogP contribution in [-0.2, 0) is 14.8 Å². The van der Waals surface area contributed by atoms with E-state index in [1.807, 2.05) is 25.1 Å². The molecular weight excluding hydrogens is 364 g/mol. The second-order valence-electron chi connectivity index (χ2n) is 6.18. The van der Waals surface area contributed by atoms with Gasteiger partial charge in [-0.2, -0.15) is 4.31 Å². The Hall–Kier alpha value is -2.38. The van der Waals surface area contributed by atoms with Crippen LogP contribution >= 0.6 is 0 Å². The molecule has 2 aromatic rings. The first kappa shape index (κ1) is 20.9. The number of nitrogens with zero attached hydrogens (tertiary/aromatic N) is 1. The van der Waals surface area contributed by atoms with E-state index in [0.29, 0.717) is 24.5 Å². The van der Waals surface area contributed by atoms with Gasteiger partial charge in [-0.25, -0.2) is 8.42 Å². The van der Waals surface area contributed by atoms with Crippen molar-refractivity contribution in [2.45, 2.75) is 38.7 Å². The summed E-state index contributed by atoms with van der Waals surface area (Å²) in [6.07, 6.45) is -0.689. The Balaban J connectivity index is 2.04. The quantitative estimate of drug-likeness (QED) is 0.749. The number of ether oxygens (including phenoxy) is 1. The molecule has 6 nitrogen and oxygen atoms in total. The van der Waals surface area contributed by atoms with Crippen LogP contribution in [0.5, 0.6) is 5.75 Å². The van der Waals surface area contributed by atoms with Gasteiger partial charge in [0, 0.05) is 18.8 Å². The molecule has 0 aromatic heterocycles. The fraction of sp³-hybridized carbons (Fsp3) is 0.350. The van der Waals surface area contributed by atoms with Crippen molar-refractivity contribution in [3.63, 3.8) is 0 Å². The monoisotopic (exact) mass is 390 g/mol. The van der Waals surface area contributed by atoms with Crippen molar-refractivity contribution in [2.75, 3.05) is 18.4 Å². The fourth-order valence-corrected chi connectivity index (χ4v) is 4.07. The third-order valence-corrected chi connectivity index (χ3v) is 6.20. The number of hydrogen-bond donors (Lipinski definition) is 1. The molecule has 0 saturated heterocycles. The fourth-order valence-electron chi connectivity index (χ4n) is 2.61. The predicted molar refractivity (Wildman–Crippen MR) is 106 cm³/mol. The minimum atomic E-state index is -3.51. The van der Waals surface area contributed by atoms with E-state index >= 15 is 0 Å². The van der Waals surface area contributed by atoms with Crippen molar-refractivity contribution >= 4 is 21.6 Å². The van der Waals surface area contributed by atoms with Crippen LogP contribution in [0.15, 0.2) is 53.4 Å². The van der Waals surface area contributed by atoms with E-state index in [0.717, 1.165) is 5.56 Å². The van der Waals surface area contributed by atoms with Crippen LogP contribution in [0.1, 0.15) is 26.3 Å². The normalized spacial score (nSPS) is 12.6. The molecule has 27 heavy (non-hydrogen) atoms. The van der Waals surface area contributed by atoms with Gasteiger partial charge >= 0.3 is 0 Å². The number of carbonyl (C=O) groups is 1. The van der Waals surface area contributed by atoms with Gasteiger partial charge in [0.1, 0.15) is 5.75 Å². The number of hydrogen-bond acceptors (Lipinski definition) is 4. The highest BCUT2D eigenvalue weighted by molar-refractivity contribution is 7.89. The zero-order valence-electron chi connectivity index (χ0n) is 16.1. The molecule has 146 valence electrons. The van der Waals surface area contributed by atoms with Crippen LogP contribution in [0, 0.1) is 6.92 Å². The lowest BCUT2D eigenvalue weighted by molar-refractivity contribution is -0.122. The third-order valence-electron chi connectivity index (χ3n) is 4.14. The lowest BCUT2D eigenvalue weighted by Gasteiger charge is -2.19. The van der Waals surface area contributed by atoms with Gasteiger partial charge in [-0.05, 0) is 55.8 Å². The van der Waals surface area contributed by atoms with Crippen LogP contribution in [0.3, 0.4) is 0 Å². The summed E-state index contributed by atoms with van der Waals surface area (Å²) in [4.78, 5) is 12.5. The summed E-state index contributed by atoms with van der Waals surface area (Å²) in [6.45, 7) is 8.02. The molecule has 1 N–H and O–H groups in total. The minimum Gasteiger partial charge on any atom is -0.481 e. The molecule has 0 aliphatic heterocycles. The van der Waals surface area contributed by atoms with E-state index in [1.54, 1.807) is 39.0 Å². The Kier molecular flexibility index (Phi) is 6.98. The SMILES string of the molecule is CCN(CC)S(=O)(=O)c1ccc(NC(=O)C(C)Oc2cccc(C)c2)cc1. The van der Waals surface area contributed by atoms with Gasteiger partial charge < -0.3 is 10.1 Å². The molecule has 0 saturated carbocycles. The Morgan fingerprint density at radius 2 is 1.74 bits per heavy atom. The second kappa shape index (κ2) is 9.01. The highest BCUT2D eigenvalue weighted by atomic mass is 32.2. The van der Waals surface area contributed by atoms with Gasteiger partial charge in [0.05, 0.1) is 4.90 Å². The first-order valence-corrected chi connectivity index (χ1v) is 10.4. The number of benzene rings is 2. The molecule has 1 atom stereocenters. The lowest BCUT2D eigenvalue weighted by Crippen LogP contribution is -2.31. The summed E-state index contributed by atoms with van der Waals surface area (Å²) in [7, 11) is -3.51. The standard InChI is InChI=1S/C20H26N2O4S/c1-5-22(6-2)27(24,25)19-12-10-17(11-13-19)21-20(23)16(4)26-18-9-7-8-15(3)14-18/h7-14,16H,5-6H2,1-4H3,(H,21,23). The smallest absolute Gasteiger partial charge is 0.265 e. The largest absolute Gasteiger partial charge is 0.481 e. The maximum atomic E-state index is 12.5. The molecule has 1 amide bonds. The van der Waals surface area contributed by atoms with E-state index in [-0.39, 0.29) is 10.8 Å². The van der Waals surface area contributed by atoms with Crippen molar-refractivity contribution in [3.05, 3.63) is 54.1 Å². The van der Waals surface area contributed by atoms with Crippen molar-refractivity contribution in [1.82, 2.24) is 4.31 Å². The number of sulfonamides is 1. The summed E-state index contributed by atoms with van der Waals surface area (Å²) < 4.78 is 32.0. The van der Waals surface area contributed by atoms with Gasteiger partial charge in [-0.1, -0.05) is 26.0 Å². The minimum absolute atomic E-state index is 0.202. The first-order chi connectivity index (χ1) is 12.8. The molecule has 0 aliphatic rings. The summed E-state index contributed by atoms with van der Waals surface area (Å²) in [5.74, 6) is 0.314. The first-order valence-electron chi connectivity index (χ1n) is 8.92. The molecule has 0 radical (unpaired) electrons. The van der Waals surface area contributed by atoms with Crippen LogP contribution in [0.25, 0.3) is 0 Å². The predicted octanol–water partition coefficient (Wildman–Crippen LogP) is 3.43. The number of nitrogens with one attached hydrogen (secondary N) is 1. The summed E-state index contributed by atoms with van der Waals surface area (Å²) in [5.41, 5.74) is 1.56. The van der Waals surface area contributed by atoms with E-state index < -0.39 is 16.1 Å². The topological polar surface area (TPSA) is 75.7 Å². The van der Waals surface area contributed by atoms with Gasteiger partial charge in [0.15, 0.2) is 6.10 Å². The maximum absolute atomic E-state index is 12.5. The Morgan fingerprint density at radius 3 is 2.30 bits per heavy atom. The van der Waals surface area contributed by atoms with Crippen LogP contribution < -0.4 is 10.1 Å². The molecule has 2 aromatic carbocycles. The molecule has 0 aliphatic carbocycles. The molecule has 1 unspecified atom stereocenters. The van der Waals surface area contributed by atoms with E-state index in [4.69, 9.17) is 4.74 Å². The number of anilines is 1. The summed E-state index contributed by atoms with van der Waals surface area (Å²) in [6, 6.07) is 13.6. The van der Waals surface area contributed by atoms with Crippen LogP contribution in [-0.4, -0.2) is 37.8 Å². The molecular formula is C20H26N2O4S. The second-order valence-corrected chi connectivity index (χ2v) is 8.12.